The number of rotatable bonds is 8. The summed E-state index contributed by atoms with van der Waals surface area (Å²) >= 11 is 0. The predicted molar refractivity (Wildman–Crippen MR) is 99.0 cm³/mol. The van der Waals surface area contributed by atoms with Gasteiger partial charge in [-0.25, -0.2) is 0 Å². The van der Waals surface area contributed by atoms with E-state index in [1.807, 2.05) is 6.55 Å². The molecule has 0 spiro atoms. The maximum Gasteiger partial charge on any atom is 0.467 e. The third-order valence-electron chi connectivity index (χ3n) is 1.88. The van der Waals surface area contributed by atoms with Crippen LogP contribution in [0.4, 0.5) is 0 Å². The van der Waals surface area contributed by atoms with Gasteiger partial charge in [-0.1, -0.05) is 0 Å². The van der Waals surface area contributed by atoms with E-state index < -0.39 is 43.0 Å². The molecule has 1 atom stereocenters. The lowest BCUT2D eigenvalue weighted by Gasteiger charge is -2.39. The average Bonchev–Trinajstić information content (AvgIpc) is 1.86. The Balaban J connectivity index is 4.94. The van der Waals surface area contributed by atoms with Crippen LogP contribution in [0.15, 0.2) is 0 Å². The summed E-state index contributed by atoms with van der Waals surface area (Å²) in [7, 11) is -9.29. The highest BCUT2D eigenvalue weighted by atomic mass is 28.5. The zero-order valence-electron chi connectivity index (χ0n) is 15.2. The molecule has 0 amide bonds. The molecule has 0 aliphatic carbocycles. The molecule has 0 aliphatic rings. The summed E-state index contributed by atoms with van der Waals surface area (Å²) in [5, 5.41) is 0. The van der Waals surface area contributed by atoms with Gasteiger partial charge in [0, 0.05) is 6.55 Å². The summed E-state index contributed by atoms with van der Waals surface area (Å²) in [4.78, 5) is 0. The molecule has 0 fully saturated rings. The molecule has 1 unspecified atom stereocenters. The predicted octanol–water partition coefficient (Wildman–Crippen LogP) is 3.98. The largest absolute Gasteiger partial charge is 0.467 e. The van der Waals surface area contributed by atoms with Gasteiger partial charge in [-0.05, 0) is 65.5 Å². The van der Waals surface area contributed by atoms with Crippen molar-refractivity contribution in [1.29, 1.82) is 0 Å². The summed E-state index contributed by atoms with van der Waals surface area (Å²) in [6.45, 7) is 23.8. The molecule has 0 saturated heterocycles. The molecule has 0 aliphatic heterocycles. The SMILES string of the molecule is C[SiH](O[Si](C)(C)C)O[Si](C)(O[Si](C)(C)C)O[Si](C)(C)C. The number of hydrogen-bond acceptors (Lipinski definition) is 4. The summed E-state index contributed by atoms with van der Waals surface area (Å²) in [6.07, 6.45) is 0. The van der Waals surface area contributed by atoms with Crippen LogP contribution >= 0.6 is 0 Å². The van der Waals surface area contributed by atoms with Crippen molar-refractivity contribution >= 4 is 43.0 Å². The normalized spacial score (nSPS) is 16.4. The standard InChI is InChI=1S/C11H34O4Si5/c1-16(12-17(2,3)4)13-20(11,14-18(5,6)7)15-19(8,9)10/h16H,1-11H3. The van der Waals surface area contributed by atoms with E-state index in [4.69, 9.17) is 16.5 Å². The number of hydrogen-bond donors (Lipinski definition) is 0. The fraction of sp³-hybridized carbons (Fsp3) is 1.00. The lowest BCUT2D eigenvalue weighted by Crippen LogP contribution is -2.57. The lowest BCUT2D eigenvalue weighted by molar-refractivity contribution is 0.247. The maximum absolute atomic E-state index is 6.32. The molecule has 0 rings (SSSR count). The molecule has 20 heavy (non-hydrogen) atoms. The van der Waals surface area contributed by atoms with E-state index in [-0.39, 0.29) is 0 Å². The first kappa shape index (κ1) is 20.9. The van der Waals surface area contributed by atoms with E-state index in [9.17, 15) is 0 Å². The minimum atomic E-state index is -2.60. The Morgan fingerprint density at radius 2 is 0.900 bits per heavy atom. The highest BCUT2D eigenvalue weighted by Gasteiger charge is 2.44. The van der Waals surface area contributed by atoms with Crippen LogP contribution in [-0.4, -0.2) is 43.0 Å². The van der Waals surface area contributed by atoms with E-state index in [2.05, 4.69) is 65.5 Å². The molecule has 4 nitrogen and oxygen atoms in total. The smallest absolute Gasteiger partial charge is 0.439 e. The van der Waals surface area contributed by atoms with Crippen LogP contribution < -0.4 is 0 Å². The fourth-order valence-electron chi connectivity index (χ4n) is 2.00. The monoisotopic (exact) mass is 370 g/mol. The summed E-state index contributed by atoms with van der Waals surface area (Å²) in [5.41, 5.74) is 0. The van der Waals surface area contributed by atoms with Gasteiger partial charge in [0.05, 0.1) is 0 Å². The highest BCUT2D eigenvalue weighted by molar-refractivity contribution is 6.87. The van der Waals surface area contributed by atoms with Crippen molar-refractivity contribution < 1.29 is 16.5 Å². The molecule has 0 N–H and O–H groups in total. The van der Waals surface area contributed by atoms with E-state index in [1.54, 1.807) is 0 Å². The molecule has 122 valence electrons. The molecular formula is C11H34O4Si5. The van der Waals surface area contributed by atoms with Gasteiger partial charge in [0.2, 0.25) is 0 Å². The minimum absolute atomic E-state index is 1.57. The Hall–Kier alpha value is 0.924. The Kier molecular flexibility index (Phi) is 7.33. The third-order valence-corrected chi connectivity index (χ3v) is 16.9. The van der Waals surface area contributed by atoms with E-state index >= 15 is 0 Å². The van der Waals surface area contributed by atoms with Crippen molar-refractivity contribution in [2.75, 3.05) is 0 Å². The maximum atomic E-state index is 6.32. The van der Waals surface area contributed by atoms with Gasteiger partial charge in [-0.3, -0.25) is 0 Å². The Labute approximate surface area is 131 Å². The second kappa shape index (κ2) is 7.00. The molecule has 0 radical (unpaired) electrons. The van der Waals surface area contributed by atoms with Gasteiger partial charge in [0.25, 0.3) is 0 Å². The zero-order chi connectivity index (χ0) is 16.4. The van der Waals surface area contributed by atoms with Crippen molar-refractivity contribution in [1.82, 2.24) is 0 Å². The van der Waals surface area contributed by atoms with Crippen molar-refractivity contribution in [3.63, 3.8) is 0 Å². The van der Waals surface area contributed by atoms with Gasteiger partial charge in [0.15, 0.2) is 25.0 Å². The fourth-order valence-corrected chi connectivity index (χ4v) is 19.7. The first-order chi connectivity index (χ1) is 8.52. The Bertz CT molecular complexity index is 289. The van der Waals surface area contributed by atoms with Crippen molar-refractivity contribution in [2.45, 2.75) is 72.0 Å². The summed E-state index contributed by atoms with van der Waals surface area (Å²) < 4.78 is 25.1. The molecule has 0 heterocycles. The van der Waals surface area contributed by atoms with E-state index in [1.165, 1.54) is 0 Å². The topological polar surface area (TPSA) is 36.9 Å². The Morgan fingerprint density at radius 3 is 1.15 bits per heavy atom. The average molecular weight is 371 g/mol. The quantitative estimate of drug-likeness (QED) is 0.606. The lowest BCUT2D eigenvalue weighted by atomic mass is 11.8. The van der Waals surface area contributed by atoms with Gasteiger partial charge in [0.1, 0.15) is 0 Å². The van der Waals surface area contributed by atoms with Crippen LogP contribution in [0, 0.1) is 0 Å². The molecule has 9 heteroatoms. The molecule has 0 aromatic carbocycles. The van der Waals surface area contributed by atoms with Crippen LogP contribution in [0.1, 0.15) is 0 Å². The minimum Gasteiger partial charge on any atom is -0.439 e. The molecule has 0 aromatic heterocycles. The summed E-state index contributed by atoms with van der Waals surface area (Å²) in [5.74, 6) is 0. The second-order valence-corrected chi connectivity index (χ2v) is 27.3. The van der Waals surface area contributed by atoms with Crippen molar-refractivity contribution in [3.8, 4) is 0 Å². The van der Waals surface area contributed by atoms with Gasteiger partial charge in [-0.15, -0.1) is 0 Å². The molecule has 0 bridgehead atoms. The molecule has 0 aromatic rings. The third kappa shape index (κ3) is 11.6. The van der Waals surface area contributed by atoms with Crippen LogP contribution in [0.25, 0.3) is 0 Å². The first-order valence-electron chi connectivity index (χ1n) is 7.27. The van der Waals surface area contributed by atoms with Gasteiger partial charge >= 0.3 is 18.1 Å². The van der Waals surface area contributed by atoms with Gasteiger partial charge < -0.3 is 16.5 Å². The highest BCUT2D eigenvalue weighted by Crippen LogP contribution is 2.23. The van der Waals surface area contributed by atoms with Crippen molar-refractivity contribution in [3.05, 3.63) is 0 Å². The van der Waals surface area contributed by atoms with Gasteiger partial charge in [-0.2, -0.15) is 0 Å². The second-order valence-electron chi connectivity index (χ2n) is 8.21. The van der Waals surface area contributed by atoms with Crippen LogP contribution in [0.5, 0.6) is 0 Å². The summed E-state index contributed by atoms with van der Waals surface area (Å²) in [6, 6.07) is 0. The molecular weight excluding hydrogens is 337 g/mol. The van der Waals surface area contributed by atoms with Crippen LogP contribution in [0.3, 0.4) is 0 Å². The van der Waals surface area contributed by atoms with Crippen molar-refractivity contribution in [2.24, 2.45) is 0 Å². The van der Waals surface area contributed by atoms with Crippen LogP contribution in [0.2, 0.25) is 72.0 Å². The first-order valence-corrected chi connectivity index (χ1v) is 21.8. The Morgan fingerprint density at radius 1 is 0.550 bits per heavy atom. The zero-order valence-corrected chi connectivity index (χ0v) is 20.4. The van der Waals surface area contributed by atoms with E-state index in [0.29, 0.717) is 0 Å². The van der Waals surface area contributed by atoms with E-state index in [0.717, 1.165) is 0 Å². The van der Waals surface area contributed by atoms with Crippen LogP contribution in [-0.2, 0) is 16.5 Å². The molecule has 0 saturated carbocycles.